The normalized spacial score (nSPS) is 14.2. The molecular formula is C9H5F6O4S-. The monoisotopic (exact) mass is 323 g/mol. The van der Waals surface area contributed by atoms with Gasteiger partial charge in [0, 0.05) is 0 Å². The van der Waals surface area contributed by atoms with Crippen LogP contribution in [0.15, 0.2) is 30.3 Å². The van der Waals surface area contributed by atoms with Crippen LogP contribution in [0, 0.1) is 0 Å². The molecule has 0 saturated carbocycles. The summed E-state index contributed by atoms with van der Waals surface area (Å²) in [5.41, 5.74) is 0. The number of benzene rings is 1. The van der Waals surface area contributed by atoms with E-state index >= 15 is 0 Å². The van der Waals surface area contributed by atoms with Gasteiger partial charge in [0.1, 0.15) is 5.75 Å². The Morgan fingerprint density at radius 3 is 1.80 bits per heavy atom. The maximum atomic E-state index is 13.1. The molecule has 0 saturated heterocycles. The molecule has 0 radical (unpaired) electrons. The van der Waals surface area contributed by atoms with Crippen molar-refractivity contribution in [3.8, 4) is 5.75 Å². The molecule has 0 atom stereocenters. The van der Waals surface area contributed by atoms with E-state index < -0.39 is 33.2 Å². The Morgan fingerprint density at radius 2 is 1.40 bits per heavy atom. The topological polar surface area (TPSA) is 66.4 Å². The summed E-state index contributed by atoms with van der Waals surface area (Å²) in [4.78, 5) is 0. The molecule has 0 bridgehead atoms. The maximum Gasteiger partial charge on any atom is 0.472 e. The predicted octanol–water partition coefficient (Wildman–Crippen LogP) is 2.43. The van der Waals surface area contributed by atoms with Gasteiger partial charge in [-0.25, -0.2) is 8.42 Å². The molecule has 1 aromatic carbocycles. The van der Waals surface area contributed by atoms with Crippen LogP contribution in [0.25, 0.3) is 0 Å². The van der Waals surface area contributed by atoms with E-state index in [1.165, 1.54) is 6.07 Å². The second kappa shape index (κ2) is 4.81. The van der Waals surface area contributed by atoms with Crippen LogP contribution in [-0.4, -0.2) is 30.3 Å². The van der Waals surface area contributed by atoms with Gasteiger partial charge < -0.3 is 9.29 Å². The molecule has 0 aliphatic heterocycles. The highest BCUT2D eigenvalue weighted by Crippen LogP contribution is 2.48. The smallest absolute Gasteiger partial charge is 0.472 e. The van der Waals surface area contributed by atoms with Gasteiger partial charge in [0.05, 0.1) is 0 Å². The maximum absolute atomic E-state index is 13.1. The fourth-order valence-electron chi connectivity index (χ4n) is 1.03. The third-order valence-electron chi connectivity index (χ3n) is 2.03. The van der Waals surface area contributed by atoms with Crippen molar-refractivity contribution in [2.45, 2.75) is 17.3 Å². The Kier molecular flexibility index (Phi) is 3.98. The van der Waals surface area contributed by atoms with Crippen LogP contribution < -0.4 is 4.74 Å². The van der Waals surface area contributed by atoms with Gasteiger partial charge in [-0.3, -0.25) is 0 Å². The van der Waals surface area contributed by atoms with Gasteiger partial charge >= 0.3 is 17.3 Å². The van der Waals surface area contributed by atoms with Gasteiger partial charge in [0.25, 0.3) is 0 Å². The largest absolute Gasteiger partial charge is 0.743 e. The average molecular weight is 323 g/mol. The van der Waals surface area contributed by atoms with E-state index in [2.05, 4.69) is 4.74 Å². The van der Waals surface area contributed by atoms with Crippen LogP contribution >= 0.6 is 0 Å². The third-order valence-corrected chi connectivity index (χ3v) is 2.92. The molecule has 1 aromatic rings. The van der Waals surface area contributed by atoms with Crippen LogP contribution in [0.4, 0.5) is 26.3 Å². The summed E-state index contributed by atoms with van der Waals surface area (Å²) in [7, 11) is -7.03. The second-order valence-corrected chi connectivity index (χ2v) is 4.90. The molecule has 20 heavy (non-hydrogen) atoms. The number of hydrogen-bond donors (Lipinski definition) is 0. The first kappa shape index (κ1) is 16.6. The van der Waals surface area contributed by atoms with Crippen LogP contribution in [0.5, 0.6) is 5.75 Å². The molecule has 0 aliphatic carbocycles. The van der Waals surface area contributed by atoms with Crippen LogP contribution in [0.3, 0.4) is 0 Å². The van der Waals surface area contributed by atoms with Gasteiger partial charge in [-0.05, 0) is 12.1 Å². The first-order valence-electron chi connectivity index (χ1n) is 4.66. The summed E-state index contributed by atoms with van der Waals surface area (Å²) < 4.78 is 111. The lowest BCUT2D eigenvalue weighted by Crippen LogP contribution is -2.60. The van der Waals surface area contributed by atoms with E-state index in [0.717, 1.165) is 24.3 Å². The zero-order valence-corrected chi connectivity index (χ0v) is 10.0. The first-order chi connectivity index (χ1) is 8.83. The Balaban J connectivity index is 3.19. The van der Waals surface area contributed by atoms with Crippen molar-refractivity contribution in [3.63, 3.8) is 0 Å². The third kappa shape index (κ3) is 2.68. The number of ether oxygens (including phenoxy) is 1. The number of rotatable bonds is 5. The van der Waals surface area contributed by atoms with E-state index in [9.17, 15) is 39.3 Å². The Labute approximate surface area is 108 Å². The standard InChI is InChI=1S/C9H6F6O4S/c10-7(11,9(14,15)20(16,17)18)8(12,13)19-6-4-2-1-3-5-6/h1-5H,(H,16,17,18)/p-1. The summed E-state index contributed by atoms with van der Waals surface area (Å²) in [6, 6.07) is 4.93. The molecule has 0 spiro atoms. The van der Waals surface area contributed by atoms with Crippen molar-refractivity contribution < 1.29 is 44.0 Å². The fourth-order valence-corrected chi connectivity index (χ4v) is 1.46. The molecular weight excluding hydrogens is 318 g/mol. The number of para-hydroxylation sites is 1. The SMILES string of the molecule is O=S(=O)([O-])C(F)(F)C(F)(F)C(F)(F)Oc1ccccc1. The van der Waals surface area contributed by atoms with Crippen LogP contribution in [0.1, 0.15) is 0 Å². The molecule has 0 aliphatic rings. The van der Waals surface area contributed by atoms with Crippen molar-refractivity contribution in [2.24, 2.45) is 0 Å². The summed E-state index contributed by atoms with van der Waals surface area (Å²) in [5, 5.41) is -6.54. The lowest BCUT2D eigenvalue weighted by molar-refractivity contribution is -0.353. The van der Waals surface area contributed by atoms with E-state index in [1.807, 2.05) is 0 Å². The van der Waals surface area contributed by atoms with Crippen LogP contribution in [0.2, 0.25) is 0 Å². The summed E-state index contributed by atoms with van der Waals surface area (Å²) in [6.45, 7) is 0. The van der Waals surface area contributed by atoms with Crippen molar-refractivity contribution in [2.75, 3.05) is 0 Å². The van der Waals surface area contributed by atoms with Crippen molar-refractivity contribution in [3.05, 3.63) is 30.3 Å². The number of halogens is 6. The molecule has 0 N–H and O–H groups in total. The zero-order valence-electron chi connectivity index (χ0n) is 9.20. The van der Waals surface area contributed by atoms with Crippen molar-refractivity contribution in [1.29, 1.82) is 0 Å². The predicted molar refractivity (Wildman–Crippen MR) is 51.6 cm³/mol. The zero-order chi connectivity index (χ0) is 15.8. The highest BCUT2D eigenvalue weighted by molar-refractivity contribution is 7.86. The van der Waals surface area contributed by atoms with Gasteiger partial charge in [0.2, 0.25) is 0 Å². The van der Waals surface area contributed by atoms with Gasteiger partial charge in [-0.1, -0.05) is 18.2 Å². The molecule has 0 fully saturated rings. The van der Waals surface area contributed by atoms with Gasteiger partial charge in [0.15, 0.2) is 10.1 Å². The summed E-state index contributed by atoms with van der Waals surface area (Å²) in [6.07, 6.45) is -5.92. The lowest BCUT2D eigenvalue weighted by atomic mass is 10.3. The summed E-state index contributed by atoms with van der Waals surface area (Å²) >= 11 is 0. The van der Waals surface area contributed by atoms with Gasteiger partial charge in [-0.15, -0.1) is 0 Å². The highest BCUT2D eigenvalue weighted by Gasteiger charge is 2.77. The molecule has 11 heteroatoms. The quantitative estimate of drug-likeness (QED) is 0.616. The Bertz CT molecular complexity index is 571. The average Bonchev–Trinajstić information content (AvgIpc) is 2.27. The Hall–Kier alpha value is -1.49. The van der Waals surface area contributed by atoms with E-state index in [-0.39, 0.29) is 0 Å². The molecule has 1 rings (SSSR count). The van der Waals surface area contributed by atoms with Crippen molar-refractivity contribution in [1.82, 2.24) is 0 Å². The first-order valence-corrected chi connectivity index (χ1v) is 6.07. The van der Waals surface area contributed by atoms with E-state index in [0.29, 0.717) is 0 Å². The Morgan fingerprint density at radius 1 is 0.950 bits per heavy atom. The van der Waals surface area contributed by atoms with E-state index in [1.54, 1.807) is 0 Å². The van der Waals surface area contributed by atoms with E-state index in [4.69, 9.17) is 0 Å². The molecule has 0 heterocycles. The second-order valence-electron chi connectivity index (χ2n) is 3.48. The summed E-state index contributed by atoms with van der Waals surface area (Å²) in [5.74, 6) is -7.48. The lowest BCUT2D eigenvalue weighted by Gasteiger charge is -2.33. The van der Waals surface area contributed by atoms with Crippen molar-refractivity contribution >= 4 is 10.1 Å². The minimum Gasteiger partial charge on any atom is -0.743 e. The van der Waals surface area contributed by atoms with Crippen LogP contribution in [-0.2, 0) is 10.1 Å². The highest BCUT2D eigenvalue weighted by atomic mass is 32.2. The number of alkyl halides is 6. The molecule has 114 valence electrons. The minimum atomic E-state index is -7.03. The molecule has 0 unspecified atom stereocenters. The molecule has 4 nitrogen and oxygen atoms in total. The number of hydrogen-bond acceptors (Lipinski definition) is 4. The molecule has 0 aromatic heterocycles. The van der Waals surface area contributed by atoms with Gasteiger partial charge in [-0.2, -0.15) is 26.3 Å². The fraction of sp³-hybridized carbons (Fsp3) is 0.333. The minimum absolute atomic E-state index is 0.744. The molecule has 0 amide bonds.